The predicted octanol–water partition coefficient (Wildman–Crippen LogP) is 1.55. The first-order valence-electron chi connectivity index (χ1n) is 6.15. The maximum absolute atomic E-state index is 12.4. The number of sulfone groups is 1. The fraction of sp³-hybridized carbons (Fsp3) is 0.231. The Morgan fingerprint density at radius 1 is 1.18 bits per heavy atom. The monoisotopic (exact) mass is 362 g/mol. The minimum absolute atomic E-state index is 0.139. The van der Waals surface area contributed by atoms with Crippen LogP contribution < -0.4 is 11.2 Å². The molecule has 0 bridgehead atoms. The highest BCUT2D eigenvalue weighted by Gasteiger charge is 2.14. The van der Waals surface area contributed by atoms with Crippen LogP contribution in [0.3, 0.4) is 0 Å². The quantitative estimate of drug-likeness (QED) is 0.893. The number of nitrogens with one attached hydrogen (secondary N) is 1. The topological polar surface area (TPSA) is 89.0 Å². The number of aromatic nitrogens is 2. The molecule has 0 aliphatic carbocycles. The van der Waals surface area contributed by atoms with Crippen LogP contribution in [0.5, 0.6) is 0 Å². The molecule has 22 heavy (non-hydrogen) atoms. The van der Waals surface area contributed by atoms with Crippen LogP contribution in [0.2, 0.25) is 10.0 Å². The van der Waals surface area contributed by atoms with Gasteiger partial charge < -0.3 is 4.98 Å². The lowest BCUT2D eigenvalue weighted by Gasteiger charge is -2.08. The van der Waals surface area contributed by atoms with Gasteiger partial charge in [-0.05, 0) is 6.07 Å². The molecule has 0 aliphatic heterocycles. The molecule has 1 heterocycles. The van der Waals surface area contributed by atoms with E-state index in [9.17, 15) is 18.0 Å². The third-order valence-corrected chi connectivity index (χ3v) is 4.73. The Labute approximate surface area is 136 Å². The summed E-state index contributed by atoms with van der Waals surface area (Å²) in [5.74, 6) is -0.317. The van der Waals surface area contributed by atoms with E-state index >= 15 is 0 Å². The molecule has 0 atom stereocenters. The summed E-state index contributed by atoms with van der Waals surface area (Å²) in [7, 11) is -3.31. The lowest BCUT2D eigenvalue weighted by molar-refractivity contribution is 0.589. The molecule has 0 aliphatic rings. The number of aromatic amines is 1. The van der Waals surface area contributed by atoms with Crippen LogP contribution >= 0.6 is 23.2 Å². The second-order valence-electron chi connectivity index (χ2n) is 4.70. The summed E-state index contributed by atoms with van der Waals surface area (Å²) in [5, 5.41) is 0.454. The Morgan fingerprint density at radius 3 is 2.50 bits per heavy atom. The molecule has 118 valence electrons. The van der Waals surface area contributed by atoms with Crippen molar-refractivity contribution >= 4 is 33.0 Å². The molecule has 0 saturated heterocycles. The van der Waals surface area contributed by atoms with Gasteiger partial charge in [-0.3, -0.25) is 9.36 Å². The van der Waals surface area contributed by atoms with Gasteiger partial charge in [0.1, 0.15) is 9.84 Å². The lowest BCUT2D eigenvalue weighted by Crippen LogP contribution is -2.37. The normalized spacial score (nSPS) is 11.6. The van der Waals surface area contributed by atoms with E-state index in [0.29, 0.717) is 5.56 Å². The van der Waals surface area contributed by atoms with Gasteiger partial charge in [-0.2, -0.15) is 0 Å². The van der Waals surface area contributed by atoms with Gasteiger partial charge in [0.15, 0.2) is 0 Å². The first kappa shape index (κ1) is 16.8. The van der Waals surface area contributed by atoms with Crippen LogP contribution in [0.25, 0.3) is 11.1 Å². The third kappa shape index (κ3) is 3.60. The Hall–Kier alpha value is -1.57. The minimum Gasteiger partial charge on any atom is -0.313 e. The molecule has 6 nitrogen and oxygen atoms in total. The molecule has 9 heteroatoms. The standard InChI is InChI=1S/C13H12Cl2N2O4S/c1-22(20,21)6-5-17-12(18)9(7-16-13(17)19)8-3-2-4-10(14)11(8)15/h2-4,7H,5-6H2,1H3,(H,16,19). The van der Waals surface area contributed by atoms with E-state index in [-0.39, 0.29) is 27.9 Å². The average molecular weight is 363 g/mol. The predicted molar refractivity (Wildman–Crippen MR) is 86.5 cm³/mol. The second-order valence-corrected chi connectivity index (χ2v) is 7.74. The summed E-state index contributed by atoms with van der Waals surface area (Å²) < 4.78 is 23.3. The van der Waals surface area contributed by atoms with E-state index in [4.69, 9.17) is 23.2 Å². The minimum atomic E-state index is -3.31. The van der Waals surface area contributed by atoms with Gasteiger partial charge in [0.2, 0.25) is 0 Å². The van der Waals surface area contributed by atoms with Gasteiger partial charge in [0, 0.05) is 24.6 Å². The average Bonchev–Trinajstić information content (AvgIpc) is 2.41. The fourth-order valence-corrected chi connectivity index (χ4v) is 2.79. The highest BCUT2D eigenvalue weighted by molar-refractivity contribution is 7.90. The van der Waals surface area contributed by atoms with Crippen molar-refractivity contribution in [3.8, 4) is 11.1 Å². The Balaban J connectivity index is 2.59. The van der Waals surface area contributed by atoms with Crippen molar-refractivity contribution in [2.24, 2.45) is 0 Å². The van der Waals surface area contributed by atoms with Gasteiger partial charge in [0.25, 0.3) is 5.56 Å². The van der Waals surface area contributed by atoms with E-state index in [1.54, 1.807) is 18.2 Å². The van der Waals surface area contributed by atoms with Crippen molar-refractivity contribution in [3.05, 3.63) is 55.3 Å². The van der Waals surface area contributed by atoms with Crippen LogP contribution in [-0.4, -0.2) is 30.0 Å². The first-order chi connectivity index (χ1) is 10.2. The summed E-state index contributed by atoms with van der Waals surface area (Å²) in [6, 6.07) is 4.78. The zero-order valence-corrected chi connectivity index (χ0v) is 13.8. The number of hydrogen-bond acceptors (Lipinski definition) is 4. The van der Waals surface area contributed by atoms with E-state index in [1.807, 2.05) is 0 Å². The summed E-state index contributed by atoms with van der Waals surface area (Å²) in [6.07, 6.45) is 2.27. The maximum Gasteiger partial charge on any atom is 0.328 e. The summed E-state index contributed by atoms with van der Waals surface area (Å²) >= 11 is 12.0. The summed E-state index contributed by atoms with van der Waals surface area (Å²) in [5.41, 5.74) is -0.809. The summed E-state index contributed by atoms with van der Waals surface area (Å²) in [4.78, 5) is 26.6. The number of nitrogens with zero attached hydrogens (tertiary/aromatic N) is 1. The van der Waals surface area contributed by atoms with Crippen LogP contribution in [0.4, 0.5) is 0 Å². The number of hydrogen-bond donors (Lipinski definition) is 1. The Bertz CT molecular complexity index is 932. The molecule has 1 N–H and O–H groups in total. The van der Waals surface area contributed by atoms with Crippen LogP contribution in [0.15, 0.2) is 34.0 Å². The fourth-order valence-electron chi connectivity index (χ4n) is 1.88. The van der Waals surface area contributed by atoms with E-state index in [1.165, 1.54) is 6.20 Å². The van der Waals surface area contributed by atoms with Crippen LogP contribution in [0.1, 0.15) is 0 Å². The van der Waals surface area contributed by atoms with Crippen molar-refractivity contribution in [2.75, 3.05) is 12.0 Å². The molecule has 0 radical (unpaired) electrons. The van der Waals surface area contributed by atoms with Gasteiger partial charge in [0.05, 0.1) is 21.4 Å². The molecule has 1 aromatic heterocycles. The molecule has 0 saturated carbocycles. The maximum atomic E-state index is 12.4. The Morgan fingerprint density at radius 2 is 1.86 bits per heavy atom. The summed E-state index contributed by atoms with van der Waals surface area (Å²) in [6.45, 7) is -0.237. The van der Waals surface area contributed by atoms with Crippen molar-refractivity contribution in [1.82, 2.24) is 9.55 Å². The molecular formula is C13H12Cl2N2O4S. The number of rotatable bonds is 4. The van der Waals surface area contributed by atoms with Crippen molar-refractivity contribution in [3.63, 3.8) is 0 Å². The first-order valence-corrected chi connectivity index (χ1v) is 8.97. The number of halogens is 2. The largest absolute Gasteiger partial charge is 0.328 e. The molecule has 0 amide bonds. The van der Waals surface area contributed by atoms with Crippen molar-refractivity contribution in [1.29, 1.82) is 0 Å². The molecule has 1 aromatic carbocycles. The van der Waals surface area contributed by atoms with Crippen molar-refractivity contribution in [2.45, 2.75) is 6.54 Å². The zero-order valence-electron chi connectivity index (χ0n) is 11.5. The highest BCUT2D eigenvalue weighted by Crippen LogP contribution is 2.31. The van der Waals surface area contributed by atoms with E-state index in [2.05, 4.69) is 4.98 Å². The lowest BCUT2D eigenvalue weighted by atomic mass is 10.1. The smallest absolute Gasteiger partial charge is 0.313 e. The Kier molecular flexibility index (Phi) is 4.79. The van der Waals surface area contributed by atoms with Gasteiger partial charge in [-0.1, -0.05) is 35.3 Å². The van der Waals surface area contributed by atoms with E-state index < -0.39 is 21.1 Å². The third-order valence-electron chi connectivity index (χ3n) is 2.99. The van der Waals surface area contributed by atoms with E-state index in [0.717, 1.165) is 10.8 Å². The number of H-pyrrole nitrogens is 1. The molecular weight excluding hydrogens is 351 g/mol. The molecule has 0 fully saturated rings. The molecule has 0 unspecified atom stereocenters. The number of benzene rings is 1. The highest BCUT2D eigenvalue weighted by atomic mass is 35.5. The van der Waals surface area contributed by atoms with Crippen molar-refractivity contribution < 1.29 is 8.42 Å². The van der Waals surface area contributed by atoms with Gasteiger partial charge >= 0.3 is 5.69 Å². The molecule has 2 rings (SSSR count). The van der Waals surface area contributed by atoms with Crippen LogP contribution in [-0.2, 0) is 16.4 Å². The molecule has 2 aromatic rings. The SMILES string of the molecule is CS(=O)(=O)CCn1c(=O)[nH]cc(-c2cccc(Cl)c2Cl)c1=O. The van der Waals surface area contributed by atoms with Gasteiger partial charge in [-0.15, -0.1) is 0 Å². The zero-order chi connectivity index (χ0) is 16.5. The molecule has 0 spiro atoms. The van der Waals surface area contributed by atoms with Gasteiger partial charge in [-0.25, -0.2) is 13.2 Å². The second kappa shape index (κ2) is 6.28. The van der Waals surface area contributed by atoms with Crippen LogP contribution in [0, 0.1) is 0 Å².